The van der Waals surface area contributed by atoms with Crippen LogP contribution in [-0.2, 0) is 11.3 Å². The summed E-state index contributed by atoms with van der Waals surface area (Å²) >= 11 is 0. The van der Waals surface area contributed by atoms with Crippen molar-refractivity contribution in [2.75, 3.05) is 24.6 Å². The number of aryl methyl sites for hydroxylation is 1. The second-order valence-corrected chi connectivity index (χ2v) is 8.48. The van der Waals surface area contributed by atoms with Crippen LogP contribution in [0.2, 0.25) is 0 Å². The topological polar surface area (TPSA) is 160 Å². The normalized spacial score (nSPS) is 20.8. The van der Waals surface area contributed by atoms with Gasteiger partial charge in [0.2, 0.25) is 0 Å². The van der Waals surface area contributed by atoms with Crippen LogP contribution in [0.4, 0.5) is 5.82 Å². The van der Waals surface area contributed by atoms with Crippen molar-refractivity contribution >= 4 is 11.8 Å². The maximum absolute atomic E-state index is 11.9. The molecule has 7 N–H and O–H groups in total. The lowest BCUT2D eigenvalue weighted by molar-refractivity contribution is 0.0535. The molecule has 0 amide bonds. The molecular formula is C23H28N8O2. The van der Waals surface area contributed by atoms with Crippen LogP contribution in [0.25, 0.3) is 0 Å². The van der Waals surface area contributed by atoms with Crippen LogP contribution >= 0.6 is 0 Å². The number of anilines is 1. The quantitative estimate of drug-likeness (QED) is 0.290. The number of nitrogens with two attached hydrogens (primary N) is 3. The Kier molecular flexibility index (Phi) is 6.31. The number of nitriles is 1. The van der Waals surface area contributed by atoms with Crippen molar-refractivity contribution in [2.45, 2.75) is 32.7 Å². The largest absolute Gasteiger partial charge is 0.457 e. The van der Waals surface area contributed by atoms with Gasteiger partial charge in [0.05, 0.1) is 17.3 Å². The van der Waals surface area contributed by atoms with Gasteiger partial charge in [-0.05, 0) is 42.7 Å². The molecule has 33 heavy (non-hydrogen) atoms. The molecule has 0 spiro atoms. The fourth-order valence-corrected chi connectivity index (χ4v) is 4.38. The van der Waals surface area contributed by atoms with Gasteiger partial charge in [-0.3, -0.25) is 15.2 Å². The van der Waals surface area contributed by atoms with E-state index >= 15 is 0 Å². The van der Waals surface area contributed by atoms with Crippen LogP contribution in [-0.4, -0.2) is 41.7 Å². The molecule has 1 aromatic heterocycles. The van der Waals surface area contributed by atoms with E-state index in [-0.39, 0.29) is 18.2 Å². The molecule has 2 aromatic rings. The molecule has 2 aliphatic heterocycles. The third-order valence-electron chi connectivity index (χ3n) is 6.09. The van der Waals surface area contributed by atoms with E-state index in [1.165, 1.54) is 11.2 Å². The summed E-state index contributed by atoms with van der Waals surface area (Å²) < 4.78 is 5.18. The SMILES string of the molecule is Cc1cc(N(N)/C=C(\N)CN2C[C@@H](c3ccc4c(c3C)COC4=O)N[C@@H](N)C2)ncc1C#N. The van der Waals surface area contributed by atoms with Gasteiger partial charge in [0, 0.05) is 49.3 Å². The molecule has 1 saturated heterocycles. The third-order valence-corrected chi connectivity index (χ3v) is 6.09. The summed E-state index contributed by atoms with van der Waals surface area (Å²) in [7, 11) is 0. The summed E-state index contributed by atoms with van der Waals surface area (Å²) in [6.07, 6.45) is 2.88. The van der Waals surface area contributed by atoms with Crippen LogP contribution in [0.1, 0.15) is 44.2 Å². The second kappa shape index (κ2) is 9.17. The maximum atomic E-state index is 11.9. The molecule has 1 aromatic carbocycles. The Labute approximate surface area is 192 Å². The highest BCUT2D eigenvalue weighted by molar-refractivity contribution is 5.94. The molecule has 10 heteroatoms. The lowest BCUT2D eigenvalue weighted by Gasteiger charge is -2.38. The number of cyclic esters (lactones) is 1. The minimum atomic E-state index is -0.272. The predicted molar refractivity (Wildman–Crippen MR) is 123 cm³/mol. The van der Waals surface area contributed by atoms with Crippen molar-refractivity contribution in [2.24, 2.45) is 17.3 Å². The Morgan fingerprint density at radius 3 is 2.94 bits per heavy atom. The van der Waals surface area contributed by atoms with Crippen molar-refractivity contribution in [1.82, 2.24) is 15.2 Å². The number of carbonyl (C=O) groups excluding carboxylic acids is 1. The molecule has 2 aliphatic rings. The molecule has 0 radical (unpaired) electrons. The number of aromatic nitrogens is 1. The molecule has 0 unspecified atom stereocenters. The molecule has 10 nitrogen and oxygen atoms in total. The van der Waals surface area contributed by atoms with Gasteiger partial charge in [0.1, 0.15) is 18.5 Å². The molecule has 0 saturated carbocycles. The third kappa shape index (κ3) is 4.67. The van der Waals surface area contributed by atoms with E-state index in [2.05, 4.69) is 21.3 Å². The van der Waals surface area contributed by atoms with Gasteiger partial charge in [-0.15, -0.1) is 0 Å². The zero-order valence-electron chi connectivity index (χ0n) is 18.7. The average Bonchev–Trinajstić information content (AvgIpc) is 3.15. The molecule has 172 valence electrons. The van der Waals surface area contributed by atoms with Crippen molar-refractivity contribution in [1.29, 1.82) is 5.26 Å². The highest BCUT2D eigenvalue weighted by Crippen LogP contribution is 2.30. The first-order chi connectivity index (χ1) is 15.8. The number of benzene rings is 1. The van der Waals surface area contributed by atoms with Crippen molar-refractivity contribution < 1.29 is 9.53 Å². The van der Waals surface area contributed by atoms with Gasteiger partial charge >= 0.3 is 5.97 Å². The number of hydrogen-bond donors (Lipinski definition) is 4. The zero-order valence-corrected chi connectivity index (χ0v) is 18.7. The van der Waals surface area contributed by atoms with E-state index in [9.17, 15) is 4.79 Å². The van der Waals surface area contributed by atoms with E-state index in [1.807, 2.05) is 26.0 Å². The first-order valence-corrected chi connectivity index (χ1v) is 10.7. The number of piperazine rings is 1. The van der Waals surface area contributed by atoms with E-state index in [0.29, 0.717) is 48.9 Å². The molecule has 4 rings (SSSR count). The smallest absolute Gasteiger partial charge is 0.338 e. The number of ether oxygens (including phenoxy) is 1. The number of carbonyl (C=O) groups is 1. The van der Waals surface area contributed by atoms with Crippen LogP contribution in [0.5, 0.6) is 0 Å². The molecule has 0 aliphatic carbocycles. The highest BCUT2D eigenvalue weighted by Gasteiger charge is 2.30. The summed E-state index contributed by atoms with van der Waals surface area (Å²) in [5.41, 5.74) is 18.1. The lowest BCUT2D eigenvalue weighted by atomic mass is 9.93. The summed E-state index contributed by atoms with van der Waals surface area (Å²) in [4.78, 5) is 18.2. The number of esters is 1. The van der Waals surface area contributed by atoms with E-state index in [4.69, 9.17) is 27.3 Å². The first kappa shape index (κ1) is 22.7. The second-order valence-electron chi connectivity index (χ2n) is 8.48. The van der Waals surface area contributed by atoms with E-state index in [1.54, 1.807) is 12.3 Å². The van der Waals surface area contributed by atoms with Crippen LogP contribution in [0.15, 0.2) is 36.3 Å². The van der Waals surface area contributed by atoms with Crippen molar-refractivity contribution in [3.8, 4) is 6.07 Å². The number of pyridine rings is 1. The Hall–Kier alpha value is -3.49. The monoisotopic (exact) mass is 448 g/mol. The summed E-state index contributed by atoms with van der Waals surface area (Å²) in [6, 6.07) is 7.61. The van der Waals surface area contributed by atoms with E-state index < -0.39 is 0 Å². The van der Waals surface area contributed by atoms with Gasteiger partial charge in [-0.1, -0.05) is 6.07 Å². The Morgan fingerprint density at radius 1 is 1.42 bits per heavy atom. The molecule has 3 heterocycles. The van der Waals surface area contributed by atoms with Crippen LogP contribution in [0, 0.1) is 25.2 Å². The summed E-state index contributed by atoms with van der Waals surface area (Å²) in [6.45, 7) is 5.93. The molecule has 0 bridgehead atoms. The van der Waals surface area contributed by atoms with Crippen LogP contribution < -0.4 is 27.6 Å². The lowest BCUT2D eigenvalue weighted by Crippen LogP contribution is -2.57. The number of hydrogen-bond acceptors (Lipinski definition) is 10. The number of nitrogens with zero attached hydrogens (tertiary/aromatic N) is 4. The van der Waals surface area contributed by atoms with E-state index in [0.717, 1.165) is 22.3 Å². The summed E-state index contributed by atoms with van der Waals surface area (Å²) in [5, 5.41) is 13.9. The minimum absolute atomic E-state index is 0.0145. The van der Waals surface area contributed by atoms with Gasteiger partial charge in [0.25, 0.3) is 0 Å². The zero-order chi connectivity index (χ0) is 23.7. The molecular weight excluding hydrogens is 420 g/mol. The first-order valence-electron chi connectivity index (χ1n) is 10.7. The van der Waals surface area contributed by atoms with Crippen LogP contribution in [0.3, 0.4) is 0 Å². The van der Waals surface area contributed by atoms with Gasteiger partial charge in [-0.25, -0.2) is 15.6 Å². The average molecular weight is 449 g/mol. The van der Waals surface area contributed by atoms with Gasteiger partial charge in [0.15, 0.2) is 0 Å². The number of nitrogens with one attached hydrogen (secondary N) is 1. The Balaban J connectivity index is 1.47. The van der Waals surface area contributed by atoms with Gasteiger partial charge < -0.3 is 16.2 Å². The Bertz CT molecular complexity index is 1160. The number of fused-ring (bicyclic) bond motifs is 1. The van der Waals surface area contributed by atoms with Gasteiger partial charge in [-0.2, -0.15) is 5.26 Å². The highest BCUT2D eigenvalue weighted by atomic mass is 16.5. The van der Waals surface area contributed by atoms with Crippen molar-refractivity contribution in [3.63, 3.8) is 0 Å². The molecule has 2 atom stereocenters. The predicted octanol–water partition coefficient (Wildman–Crippen LogP) is 0.652. The fraction of sp³-hybridized carbons (Fsp3) is 0.348. The van der Waals surface area contributed by atoms with Crippen molar-refractivity contribution in [3.05, 3.63) is 69.7 Å². The standard InChI is InChI=1S/C23H28N8O2/c1-13-5-22(28-7-15(13)6-24)31(27)9-16(25)8-30-10-20(29-21(26)11-30)17-3-4-18-19(14(17)2)12-33-23(18)32/h3-5,7,9,20-21,29H,8,10-12,25-27H2,1-2H3/b16-9-/t20-,21+/m0/s1. The summed E-state index contributed by atoms with van der Waals surface area (Å²) in [5.74, 6) is 6.35. The number of hydrazine groups is 1. The molecule has 1 fully saturated rings. The number of rotatable bonds is 5. The minimum Gasteiger partial charge on any atom is -0.457 e. The maximum Gasteiger partial charge on any atom is 0.338 e. The fourth-order valence-electron chi connectivity index (χ4n) is 4.38. The Morgan fingerprint density at radius 2 is 2.21 bits per heavy atom.